The summed E-state index contributed by atoms with van der Waals surface area (Å²) in [5, 5.41) is 1.21. The molecule has 27 heavy (non-hydrogen) atoms. The highest BCUT2D eigenvalue weighted by Crippen LogP contribution is 2.35. The zero-order valence-electron chi connectivity index (χ0n) is 15.2. The maximum absolute atomic E-state index is 12.6. The van der Waals surface area contributed by atoms with Crippen LogP contribution >= 0.6 is 23.4 Å². The maximum Gasteiger partial charge on any atom is 0.266 e. The number of methoxy groups -OCH3 is 1. The van der Waals surface area contributed by atoms with E-state index in [4.69, 9.17) is 21.1 Å². The molecule has 0 aliphatic carbocycles. The number of amidine groups is 1. The molecule has 1 fully saturated rings. The van der Waals surface area contributed by atoms with E-state index in [9.17, 15) is 4.79 Å². The number of benzene rings is 2. The van der Waals surface area contributed by atoms with Gasteiger partial charge >= 0.3 is 0 Å². The first-order chi connectivity index (χ1) is 13.0. The molecule has 0 atom stereocenters. The first-order valence-electron chi connectivity index (χ1n) is 8.34. The third kappa shape index (κ3) is 4.46. The molecule has 1 saturated heterocycles. The summed E-state index contributed by atoms with van der Waals surface area (Å²) in [5.41, 5.74) is 1.55. The van der Waals surface area contributed by atoms with Gasteiger partial charge in [-0.05, 0) is 60.7 Å². The molecule has 0 radical (unpaired) electrons. The lowest BCUT2D eigenvalue weighted by atomic mass is 10.2. The number of carbonyl (C=O) groups is 1. The molecule has 1 amide bonds. The van der Waals surface area contributed by atoms with Crippen LogP contribution in [0.1, 0.15) is 12.5 Å². The molecule has 3 rings (SSSR count). The van der Waals surface area contributed by atoms with E-state index in [1.54, 1.807) is 26.3 Å². The van der Waals surface area contributed by atoms with Gasteiger partial charge in [0.05, 0.1) is 24.3 Å². The molecular weight excluding hydrogens is 384 g/mol. The first-order valence-corrected chi connectivity index (χ1v) is 9.54. The van der Waals surface area contributed by atoms with Crippen molar-refractivity contribution in [3.05, 3.63) is 58.0 Å². The van der Waals surface area contributed by atoms with Crippen molar-refractivity contribution in [2.24, 2.45) is 4.99 Å². The molecule has 0 unspecified atom stereocenters. The van der Waals surface area contributed by atoms with Crippen LogP contribution in [-0.4, -0.2) is 36.7 Å². The minimum atomic E-state index is -0.103. The number of likely N-dealkylation sites (N-methyl/N-ethyl adjacent to an activating group) is 1. The van der Waals surface area contributed by atoms with Crippen LogP contribution in [0.25, 0.3) is 6.08 Å². The van der Waals surface area contributed by atoms with Gasteiger partial charge in [0.2, 0.25) is 0 Å². The van der Waals surface area contributed by atoms with Crippen molar-refractivity contribution >= 4 is 46.2 Å². The van der Waals surface area contributed by atoms with Crippen molar-refractivity contribution in [2.45, 2.75) is 6.92 Å². The van der Waals surface area contributed by atoms with Crippen LogP contribution in [0.3, 0.4) is 0 Å². The molecule has 0 saturated carbocycles. The number of hydrogen-bond acceptors (Lipinski definition) is 5. The topological polar surface area (TPSA) is 51.1 Å². The van der Waals surface area contributed by atoms with Crippen LogP contribution in [0.4, 0.5) is 5.69 Å². The largest absolute Gasteiger partial charge is 0.493 e. The SMILES string of the molecule is CCOc1ccc(/C=C2/SC(=Nc3cccc(Cl)c3)N(C)C2=O)cc1OC. The Morgan fingerprint density at radius 1 is 1.22 bits per heavy atom. The lowest BCUT2D eigenvalue weighted by Crippen LogP contribution is -2.23. The van der Waals surface area contributed by atoms with E-state index in [-0.39, 0.29) is 5.91 Å². The second-order valence-corrected chi connectivity index (χ2v) is 7.14. The molecule has 1 heterocycles. The van der Waals surface area contributed by atoms with E-state index in [1.807, 2.05) is 43.3 Å². The summed E-state index contributed by atoms with van der Waals surface area (Å²) < 4.78 is 10.9. The molecule has 2 aromatic rings. The second kappa shape index (κ2) is 8.50. The number of amides is 1. The lowest BCUT2D eigenvalue weighted by molar-refractivity contribution is -0.121. The third-order valence-electron chi connectivity index (χ3n) is 3.82. The van der Waals surface area contributed by atoms with Gasteiger partial charge in [0.1, 0.15) is 0 Å². The van der Waals surface area contributed by atoms with Crippen LogP contribution in [0.5, 0.6) is 11.5 Å². The van der Waals surface area contributed by atoms with Gasteiger partial charge in [-0.3, -0.25) is 9.69 Å². The number of rotatable bonds is 5. The van der Waals surface area contributed by atoms with Gasteiger partial charge in [-0.2, -0.15) is 0 Å². The average Bonchev–Trinajstić information content (AvgIpc) is 2.91. The predicted molar refractivity (Wildman–Crippen MR) is 111 cm³/mol. The number of nitrogens with zero attached hydrogens (tertiary/aromatic N) is 2. The Bertz CT molecular complexity index is 927. The molecule has 140 valence electrons. The zero-order chi connectivity index (χ0) is 19.4. The Balaban J connectivity index is 1.88. The zero-order valence-corrected chi connectivity index (χ0v) is 16.8. The highest BCUT2D eigenvalue weighted by atomic mass is 35.5. The maximum atomic E-state index is 12.6. The normalized spacial score (nSPS) is 17.0. The quantitative estimate of drug-likeness (QED) is 0.662. The van der Waals surface area contributed by atoms with Gasteiger partial charge in [-0.15, -0.1) is 0 Å². The summed E-state index contributed by atoms with van der Waals surface area (Å²) in [6.45, 7) is 2.47. The summed E-state index contributed by atoms with van der Waals surface area (Å²) in [4.78, 5) is 19.2. The van der Waals surface area contributed by atoms with Gasteiger partial charge in [-0.25, -0.2) is 4.99 Å². The average molecular weight is 403 g/mol. The van der Waals surface area contributed by atoms with Crippen LogP contribution < -0.4 is 9.47 Å². The standard InChI is InChI=1S/C20H19ClN2O3S/c1-4-26-16-9-8-13(10-17(16)25-3)11-18-19(24)23(2)20(27-18)22-15-7-5-6-14(21)12-15/h5-12H,4H2,1-3H3/b18-11+,22-20?. The lowest BCUT2D eigenvalue weighted by Gasteiger charge is -2.09. The number of thioether (sulfide) groups is 1. The number of halogens is 1. The Labute approximate surface area is 167 Å². The fourth-order valence-electron chi connectivity index (χ4n) is 2.51. The summed E-state index contributed by atoms with van der Waals surface area (Å²) >= 11 is 7.33. The Morgan fingerprint density at radius 3 is 2.74 bits per heavy atom. The molecule has 0 bridgehead atoms. The van der Waals surface area contributed by atoms with E-state index in [1.165, 1.54) is 16.7 Å². The van der Waals surface area contributed by atoms with Gasteiger partial charge in [0, 0.05) is 12.1 Å². The Kier molecular flexibility index (Phi) is 6.08. The van der Waals surface area contributed by atoms with Crippen molar-refractivity contribution in [1.29, 1.82) is 0 Å². The molecule has 0 spiro atoms. The number of ether oxygens (including phenoxy) is 2. The molecule has 5 nitrogen and oxygen atoms in total. The molecule has 0 N–H and O–H groups in total. The van der Waals surface area contributed by atoms with Gasteiger partial charge < -0.3 is 9.47 Å². The summed E-state index contributed by atoms with van der Waals surface area (Å²) in [6, 6.07) is 12.8. The van der Waals surface area contributed by atoms with E-state index < -0.39 is 0 Å². The van der Waals surface area contributed by atoms with Crippen LogP contribution in [0, 0.1) is 0 Å². The number of carbonyl (C=O) groups excluding carboxylic acids is 1. The van der Waals surface area contributed by atoms with Gasteiger partial charge in [0.15, 0.2) is 16.7 Å². The molecule has 1 aliphatic rings. The van der Waals surface area contributed by atoms with Gasteiger partial charge in [-0.1, -0.05) is 23.7 Å². The Morgan fingerprint density at radius 2 is 2.04 bits per heavy atom. The monoisotopic (exact) mass is 402 g/mol. The fraction of sp³-hybridized carbons (Fsp3) is 0.200. The molecule has 1 aliphatic heterocycles. The summed E-state index contributed by atoms with van der Waals surface area (Å²) in [5.74, 6) is 1.20. The van der Waals surface area contributed by atoms with Crippen molar-refractivity contribution in [1.82, 2.24) is 4.90 Å². The highest BCUT2D eigenvalue weighted by molar-refractivity contribution is 8.18. The van der Waals surface area contributed by atoms with Crippen molar-refractivity contribution in [2.75, 3.05) is 20.8 Å². The predicted octanol–water partition coefficient (Wildman–Crippen LogP) is 4.98. The van der Waals surface area contributed by atoms with Gasteiger partial charge in [0.25, 0.3) is 5.91 Å². The van der Waals surface area contributed by atoms with Crippen molar-refractivity contribution in [3.8, 4) is 11.5 Å². The molecular formula is C20H19ClN2O3S. The van der Waals surface area contributed by atoms with E-state index >= 15 is 0 Å². The molecule has 7 heteroatoms. The Hall–Kier alpha value is -2.44. The third-order valence-corrected chi connectivity index (χ3v) is 5.12. The summed E-state index contributed by atoms with van der Waals surface area (Å²) in [6.07, 6.45) is 1.82. The smallest absolute Gasteiger partial charge is 0.266 e. The van der Waals surface area contributed by atoms with Crippen LogP contribution in [0.15, 0.2) is 52.4 Å². The minimum absolute atomic E-state index is 0.103. The fourth-order valence-corrected chi connectivity index (χ4v) is 3.68. The van der Waals surface area contributed by atoms with Crippen molar-refractivity contribution in [3.63, 3.8) is 0 Å². The van der Waals surface area contributed by atoms with E-state index in [0.29, 0.717) is 38.9 Å². The summed E-state index contributed by atoms with van der Waals surface area (Å²) in [7, 11) is 3.30. The minimum Gasteiger partial charge on any atom is -0.493 e. The molecule has 2 aromatic carbocycles. The number of hydrogen-bond donors (Lipinski definition) is 0. The van der Waals surface area contributed by atoms with Crippen molar-refractivity contribution < 1.29 is 14.3 Å². The first kappa shape index (κ1) is 19.3. The second-order valence-electron chi connectivity index (χ2n) is 5.69. The van der Waals surface area contributed by atoms with Crippen LogP contribution in [-0.2, 0) is 4.79 Å². The molecule has 0 aromatic heterocycles. The van der Waals surface area contributed by atoms with E-state index in [0.717, 1.165) is 5.56 Å². The van der Waals surface area contributed by atoms with E-state index in [2.05, 4.69) is 4.99 Å². The highest BCUT2D eigenvalue weighted by Gasteiger charge is 2.30. The van der Waals surface area contributed by atoms with Crippen LogP contribution in [0.2, 0.25) is 5.02 Å². The number of aliphatic imine (C=N–C) groups is 1.